The van der Waals surface area contributed by atoms with Gasteiger partial charge in [-0.3, -0.25) is 9.91 Å². The predicted octanol–water partition coefficient (Wildman–Crippen LogP) is 5.75. The van der Waals surface area contributed by atoms with E-state index in [1.165, 1.54) is 33.7 Å². The first-order chi connectivity index (χ1) is 19.1. The number of morpholine rings is 1. The molecule has 1 aliphatic carbocycles. The van der Waals surface area contributed by atoms with Crippen LogP contribution in [0.1, 0.15) is 37.8 Å². The largest absolute Gasteiger partial charge is 0.378 e. The number of nitrogens with zero attached hydrogens (tertiary/aromatic N) is 5. The molecule has 0 bridgehead atoms. The van der Waals surface area contributed by atoms with Gasteiger partial charge in [0, 0.05) is 75.3 Å². The molecule has 0 radical (unpaired) electrons. The maximum atomic E-state index is 6.04. The highest BCUT2D eigenvalue weighted by molar-refractivity contribution is 6.30. The summed E-state index contributed by atoms with van der Waals surface area (Å²) in [7, 11) is 0. The van der Waals surface area contributed by atoms with E-state index >= 15 is 0 Å². The monoisotopic (exact) mass is 547 g/mol. The molecule has 2 fully saturated rings. The molecule has 2 aromatic rings. The van der Waals surface area contributed by atoms with Gasteiger partial charge in [0.15, 0.2) is 0 Å². The quantitative estimate of drug-likeness (QED) is 0.373. The van der Waals surface area contributed by atoms with Gasteiger partial charge in [-0.05, 0) is 79.3 Å². The molecule has 2 aromatic carbocycles. The van der Waals surface area contributed by atoms with Crippen molar-refractivity contribution in [3.63, 3.8) is 0 Å². The summed E-state index contributed by atoms with van der Waals surface area (Å²) in [6.07, 6.45) is 6.62. The Morgan fingerprint density at radius 3 is 2.23 bits per heavy atom. The number of hydrogen-bond donors (Lipinski definition) is 0. The molecule has 2 heterocycles. The summed E-state index contributed by atoms with van der Waals surface area (Å²) < 4.78 is 5.68. The summed E-state index contributed by atoms with van der Waals surface area (Å²) in [5.41, 5.74) is 8.01. The van der Waals surface area contributed by atoms with Crippen LogP contribution in [0.3, 0.4) is 0 Å². The lowest BCUT2D eigenvalue weighted by Gasteiger charge is -2.33. The van der Waals surface area contributed by atoms with Crippen molar-refractivity contribution >= 4 is 29.6 Å². The highest BCUT2D eigenvalue weighted by atomic mass is 35.5. The lowest BCUT2D eigenvalue weighted by atomic mass is 10.1. The summed E-state index contributed by atoms with van der Waals surface area (Å²) in [5.74, 6) is 0. The summed E-state index contributed by atoms with van der Waals surface area (Å²) >= 11 is 6.04. The number of allylic oxidation sites excluding steroid dienone is 2. The molecule has 0 N–H and O–H groups in total. The molecule has 0 unspecified atom stereocenters. The van der Waals surface area contributed by atoms with Gasteiger partial charge < -0.3 is 14.5 Å². The zero-order chi connectivity index (χ0) is 27.0. The van der Waals surface area contributed by atoms with Crippen molar-refractivity contribution in [2.45, 2.75) is 33.2 Å². The third-order valence-electron chi connectivity index (χ3n) is 8.01. The Bertz CT molecular complexity index is 1160. The van der Waals surface area contributed by atoms with E-state index in [0.717, 1.165) is 90.0 Å². The number of ether oxygens (including phenoxy) is 1. The van der Waals surface area contributed by atoms with Crippen molar-refractivity contribution in [3.8, 4) is 0 Å². The molecule has 6 nitrogen and oxygen atoms in total. The van der Waals surface area contributed by atoms with Gasteiger partial charge in [-0.15, -0.1) is 0 Å². The molecule has 39 heavy (non-hydrogen) atoms. The summed E-state index contributed by atoms with van der Waals surface area (Å²) in [5, 5.41) is 8.00. The van der Waals surface area contributed by atoms with Gasteiger partial charge in [-0.1, -0.05) is 35.9 Å². The molecule has 2 aliphatic heterocycles. The second-order valence-electron chi connectivity index (χ2n) is 10.5. The third kappa shape index (κ3) is 7.24. The Balaban J connectivity index is 1.27. The second-order valence-corrected chi connectivity index (χ2v) is 10.9. The fraction of sp³-hybridized carbons (Fsp3) is 0.469. The van der Waals surface area contributed by atoms with Crippen LogP contribution in [0.25, 0.3) is 6.08 Å². The molecule has 0 aromatic heterocycles. The average molecular weight is 548 g/mol. The first-order valence-electron chi connectivity index (χ1n) is 14.5. The van der Waals surface area contributed by atoms with E-state index in [-0.39, 0.29) is 0 Å². The van der Waals surface area contributed by atoms with Crippen LogP contribution in [0.15, 0.2) is 70.5 Å². The van der Waals surface area contributed by atoms with Crippen LogP contribution >= 0.6 is 11.6 Å². The molecule has 208 valence electrons. The van der Waals surface area contributed by atoms with E-state index in [1.54, 1.807) is 0 Å². The van der Waals surface area contributed by atoms with Gasteiger partial charge in [-0.25, -0.2) is 0 Å². The van der Waals surface area contributed by atoms with Gasteiger partial charge >= 0.3 is 0 Å². The van der Waals surface area contributed by atoms with Gasteiger partial charge in [-0.2, -0.15) is 5.10 Å². The fourth-order valence-electron chi connectivity index (χ4n) is 5.75. The summed E-state index contributed by atoms with van der Waals surface area (Å²) in [4.78, 5) is 7.39. The Morgan fingerprint density at radius 1 is 0.872 bits per heavy atom. The third-order valence-corrected chi connectivity index (χ3v) is 8.26. The molecule has 5 rings (SSSR count). The number of hydrogen-bond acceptors (Lipinski definition) is 6. The molecule has 0 spiro atoms. The lowest BCUT2D eigenvalue weighted by molar-refractivity contribution is 0.0548. The zero-order valence-electron chi connectivity index (χ0n) is 23.5. The highest BCUT2D eigenvalue weighted by Crippen LogP contribution is 2.35. The highest BCUT2D eigenvalue weighted by Gasteiger charge is 2.26. The van der Waals surface area contributed by atoms with E-state index in [1.807, 2.05) is 12.1 Å². The molecule has 2 saturated heterocycles. The van der Waals surface area contributed by atoms with Crippen LogP contribution < -0.4 is 4.90 Å². The van der Waals surface area contributed by atoms with Crippen molar-refractivity contribution in [1.82, 2.24) is 14.8 Å². The Morgan fingerprint density at radius 2 is 1.56 bits per heavy atom. The molecule has 7 heteroatoms. The van der Waals surface area contributed by atoms with Gasteiger partial charge in [0.05, 0.1) is 19.4 Å². The van der Waals surface area contributed by atoms with E-state index < -0.39 is 0 Å². The van der Waals surface area contributed by atoms with Crippen LogP contribution in [0.5, 0.6) is 0 Å². The number of halogens is 1. The van der Waals surface area contributed by atoms with Crippen LogP contribution in [0, 0.1) is 0 Å². The van der Waals surface area contributed by atoms with E-state index in [4.69, 9.17) is 21.4 Å². The first-order valence-corrected chi connectivity index (χ1v) is 14.9. The van der Waals surface area contributed by atoms with E-state index in [2.05, 4.69) is 82.2 Å². The Hall–Kier alpha value is -2.80. The average Bonchev–Trinajstić information content (AvgIpc) is 3.38. The van der Waals surface area contributed by atoms with Gasteiger partial charge in [0.25, 0.3) is 0 Å². The topological polar surface area (TPSA) is 34.5 Å². The zero-order valence-corrected chi connectivity index (χ0v) is 24.2. The fourth-order valence-corrected chi connectivity index (χ4v) is 5.88. The Kier molecular flexibility index (Phi) is 9.62. The van der Waals surface area contributed by atoms with Crippen LogP contribution in [0.2, 0.25) is 5.02 Å². The van der Waals surface area contributed by atoms with Crippen molar-refractivity contribution in [2.24, 2.45) is 5.10 Å². The smallest absolute Gasteiger partial charge is 0.0642 e. The number of hydrazone groups is 1. The number of anilines is 1. The minimum absolute atomic E-state index is 0.787. The SMILES string of the molecule is CCN(CC)c1ccc(/C=C2/CCC(/C=N/N3CCN(Cc4ccc(Cl)cc4)CC3)=C2N2CCOCC2)cc1. The summed E-state index contributed by atoms with van der Waals surface area (Å²) in [6.45, 7) is 14.8. The second kappa shape index (κ2) is 13.5. The number of benzene rings is 2. The van der Waals surface area contributed by atoms with Crippen molar-refractivity contribution < 1.29 is 4.74 Å². The molecule has 0 atom stereocenters. The maximum absolute atomic E-state index is 6.04. The maximum Gasteiger partial charge on any atom is 0.0642 e. The van der Waals surface area contributed by atoms with Crippen molar-refractivity contribution in [2.75, 3.05) is 70.5 Å². The molecule has 3 aliphatic rings. The minimum Gasteiger partial charge on any atom is -0.378 e. The predicted molar refractivity (Wildman–Crippen MR) is 163 cm³/mol. The lowest BCUT2D eigenvalue weighted by Crippen LogP contribution is -2.43. The molecule has 0 amide bonds. The van der Waals surface area contributed by atoms with Crippen molar-refractivity contribution in [3.05, 3.63) is 81.5 Å². The Labute approximate surface area is 239 Å². The first kappa shape index (κ1) is 27.8. The summed E-state index contributed by atoms with van der Waals surface area (Å²) in [6, 6.07) is 17.2. The molecular formula is C32H42ClN5O. The van der Waals surface area contributed by atoms with E-state index in [0.29, 0.717) is 0 Å². The van der Waals surface area contributed by atoms with E-state index in [9.17, 15) is 0 Å². The number of rotatable bonds is 9. The molecular weight excluding hydrogens is 506 g/mol. The molecule has 0 saturated carbocycles. The van der Waals surface area contributed by atoms with Crippen LogP contribution in [-0.4, -0.2) is 86.6 Å². The van der Waals surface area contributed by atoms with Crippen LogP contribution in [-0.2, 0) is 11.3 Å². The van der Waals surface area contributed by atoms with Gasteiger partial charge in [0.2, 0.25) is 0 Å². The minimum atomic E-state index is 0.787. The van der Waals surface area contributed by atoms with Gasteiger partial charge in [0.1, 0.15) is 0 Å². The normalized spacial score (nSPS) is 20.0. The van der Waals surface area contributed by atoms with Crippen molar-refractivity contribution in [1.29, 1.82) is 0 Å². The number of piperazine rings is 1. The standard InChI is InChI=1S/C32H42ClN5O/c1-3-36(4-2)31-13-7-26(8-14-31)23-28-9-10-29(32(28)37-19-21-39-22-20-37)24-34-38-17-15-35(16-18-38)25-27-5-11-30(33)12-6-27/h5-8,11-14,23-24H,3-4,9-10,15-22,25H2,1-2H3/b28-23-,34-24+. The van der Waals surface area contributed by atoms with Crippen LogP contribution in [0.4, 0.5) is 5.69 Å².